The van der Waals surface area contributed by atoms with Crippen molar-refractivity contribution in [3.05, 3.63) is 81.9 Å². The Bertz CT molecular complexity index is 1420. The number of ether oxygens (including phenoxy) is 2. The second-order valence-electron chi connectivity index (χ2n) is 12.9. The van der Waals surface area contributed by atoms with E-state index in [2.05, 4.69) is 13.8 Å². The van der Waals surface area contributed by atoms with Gasteiger partial charge in [-0.1, -0.05) is 82.2 Å². The maximum Gasteiger partial charge on any atom is 0.303 e. The number of aryl methyl sites for hydroxylation is 1. The molecule has 46 heavy (non-hydrogen) atoms. The summed E-state index contributed by atoms with van der Waals surface area (Å²) in [6, 6.07) is 12.8. The van der Waals surface area contributed by atoms with Gasteiger partial charge in [0.05, 0.1) is 19.4 Å². The van der Waals surface area contributed by atoms with Crippen molar-refractivity contribution in [3.63, 3.8) is 0 Å². The van der Waals surface area contributed by atoms with Gasteiger partial charge in [0.1, 0.15) is 23.5 Å². The second kappa shape index (κ2) is 18.2. The van der Waals surface area contributed by atoms with Gasteiger partial charge in [0.2, 0.25) is 0 Å². The van der Waals surface area contributed by atoms with Crippen LogP contribution < -0.4 is 4.74 Å². The zero-order chi connectivity index (χ0) is 33.8. The summed E-state index contributed by atoms with van der Waals surface area (Å²) in [7, 11) is 1.63. The fourth-order valence-electron chi connectivity index (χ4n) is 6.17. The fraction of sp³-hybridized carbons (Fsp3) is 0.526. The van der Waals surface area contributed by atoms with Gasteiger partial charge in [-0.25, -0.2) is 4.39 Å². The number of aromatic nitrogens is 1. The first-order valence-corrected chi connectivity index (χ1v) is 16.9. The first-order chi connectivity index (χ1) is 21.9. The third-order valence-electron chi connectivity index (χ3n) is 8.94. The van der Waals surface area contributed by atoms with E-state index in [4.69, 9.17) is 26.2 Å². The van der Waals surface area contributed by atoms with Crippen LogP contribution in [0.1, 0.15) is 114 Å². The number of nitrogens with zero attached hydrogens (tertiary/aromatic N) is 1. The summed E-state index contributed by atoms with van der Waals surface area (Å²) in [4.78, 5) is 19.9. The van der Waals surface area contributed by atoms with Gasteiger partial charge in [0.15, 0.2) is 0 Å². The average molecular weight is 656 g/mol. The van der Waals surface area contributed by atoms with Crippen LogP contribution in [0.3, 0.4) is 0 Å². The van der Waals surface area contributed by atoms with Gasteiger partial charge in [-0.2, -0.15) is 0 Å². The summed E-state index contributed by atoms with van der Waals surface area (Å²) >= 11 is 6.16. The zero-order valence-corrected chi connectivity index (χ0v) is 29.0. The molecule has 0 saturated heterocycles. The van der Waals surface area contributed by atoms with Gasteiger partial charge < -0.3 is 23.9 Å². The molecule has 2 aromatic carbocycles. The summed E-state index contributed by atoms with van der Waals surface area (Å²) in [6.45, 7) is 9.92. The Balaban J connectivity index is 0.000000226. The Kier molecular flexibility index (Phi) is 14.8. The van der Waals surface area contributed by atoms with Crippen molar-refractivity contribution < 1.29 is 28.6 Å². The number of carboxylic acid groups (broad SMARTS) is 1. The second-order valence-corrected chi connectivity index (χ2v) is 13.4. The fourth-order valence-corrected chi connectivity index (χ4v) is 6.38. The topological polar surface area (TPSA) is 77.8 Å². The molecule has 2 fully saturated rings. The molecule has 2 saturated carbocycles. The van der Waals surface area contributed by atoms with Crippen molar-refractivity contribution in [3.8, 4) is 11.4 Å². The maximum atomic E-state index is 14.8. The smallest absolute Gasteiger partial charge is 0.303 e. The van der Waals surface area contributed by atoms with Crippen LogP contribution in [0.2, 0.25) is 5.02 Å². The lowest BCUT2D eigenvalue weighted by Gasteiger charge is -2.26. The van der Waals surface area contributed by atoms with Crippen LogP contribution in [0, 0.1) is 30.5 Å². The summed E-state index contributed by atoms with van der Waals surface area (Å²) in [6.07, 6.45) is 12.2. The van der Waals surface area contributed by atoms with Crippen molar-refractivity contribution in [1.82, 2.24) is 4.57 Å². The van der Waals surface area contributed by atoms with E-state index < -0.39 is 12.1 Å². The molecule has 1 unspecified atom stereocenters. The molecule has 2 aliphatic carbocycles. The summed E-state index contributed by atoms with van der Waals surface area (Å²) < 4.78 is 28.4. The van der Waals surface area contributed by atoms with Crippen molar-refractivity contribution in [2.24, 2.45) is 17.8 Å². The minimum atomic E-state index is -0.630. The lowest BCUT2D eigenvalue weighted by Crippen LogP contribution is -2.16. The Morgan fingerprint density at radius 2 is 1.65 bits per heavy atom. The molecule has 6 nitrogen and oxygen atoms in total. The van der Waals surface area contributed by atoms with Crippen molar-refractivity contribution in [1.29, 1.82) is 0 Å². The standard InChI is InChI=1S/C20H17ClFNO2.C10H18O2.C5H10.C3H6O/c1-12-5-3-7-15(19(12)24-2)20-16-9-13(21)10-17(22)18(16)23-8-4-6-14(23)11-25-20;1-2-8-3-5-9(6-4-8)7-10(11)12;1-5-3-2-4-5;1-3(2)4/h3-10,20H,11H2,1-2H3;8-9H,2-7H2,1H3,(H,11,12);5H,2-4H2,1H3;1-2H3. The molecule has 8 heteroatoms. The Hall–Kier alpha value is -3.16. The lowest BCUT2D eigenvalue weighted by molar-refractivity contribution is -0.138. The van der Waals surface area contributed by atoms with E-state index in [1.807, 2.05) is 48.0 Å². The van der Waals surface area contributed by atoms with Gasteiger partial charge in [-0.05, 0) is 81.2 Å². The van der Waals surface area contributed by atoms with Gasteiger partial charge in [0, 0.05) is 34.5 Å². The largest absolute Gasteiger partial charge is 0.496 e. The number of benzene rings is 2. The van der Waals surface area contributed by atoms with Crippen molar-refractivity contribution in [2.45, 2.75) is 105 Å². The summed E-state index contributed by atoms with van der Waals surface area (Å²) in [5, 5.41) is 8.93. The molecule has 0 radical (unpaired) electrons. The molecule has 0 amide bonds. The highest BCUT2D eigenvalue weighted by Gasteiger charge is 2.29. The van der Waals surface area contributed by atoms with Crippen LogP contribution in [0.25, 0.3) is 5.69 Å². The molecular formula is C38H51ClFNO5. The van der Waals surface area contributed by atoms with Crippen LogP contribution in [-0.2, 0) is 20.9 Å². The SMILES string of the molecule is CC(C)=O.CC1CCC1.CCC1CCC(CC(=O)O)CC1.COc1c(C)cccc1C1OCc2cccn2-c2c(F)cc(Cl)cc21. The third kappa shape index (κ3) is 10.7. The maximum absolute atomic E-state index is 14.8. The van der Waals surface area contributed by atoms with E-state index in [1.165, 1.54) is 58.4 Å². The molecule has 252 valence electrons. The summed E-state index contributed by atoms with van der Waals surface area (Å²) in [5.74, 6) is 2.30. The highest BCUT2D eigenvalue weighted by Crippen LogP contribution is 2.42. The number of halogens is 2. The number of carboxylic acids is 1. The normalized spacial score (nSPS) is 20.0. The zero-order valence-electron chi connectivity index (χ0n) is 28.3. The Morgan fingerprint density at radius 3 is 2.20 bits per heavy atom. The van der Waals surface area contributed by atoms with Crippen LogP contribution in [-0.4, -0.2) is 28.5 Å². The van der Waals surface area contributed by atoms with Crippen LogP contribution in [0.4, 0.5) is 4.39 Å². The quantitative estimate of drug-likeness (QED) is 0.296. The average Bonchev–Trinajstić information content (AvgIpc) is 3.38. The molecule has 3 aromatic rings. The number of fused-ring (bicyclic) bond motifs is 3. The predicted molar refractivity (Wildman–Crippen MR) is 182 cm³/mol. The molecule has 1 N–H and O–H groups in total. The molecular weight excluding hydrogens is 605 g/mol. The van der Waals surface area contributed by atoms with Crippen LogP contribution in [0.5, 0.6) is 5.75 Å². The predicted octanol–water partition coefficient (Wildman–Crippen LogP) is 10.3. The number of para-hydroxylation sites is 1. The van der Waals surface area contributed by atoms with Crippen LogP contribution in [0.15, 0.2) is 48.7 Å². The molecule has 0 bridgehead atoms. The molecule has 1 atom stereocenters. The van der Waals surface area contributed by atoms with Gasteiger partial charge in [-0.15, -0.1) is 0 Å². The van der Waals surface area contributed by atoms with E-state index in [0.29, 0.717) is 35.2 Å². The van der Waals surface area contributed by atoms with E-state index in [-0.39, 0.29) is 11.6 Å². The van der Waals surface area contributed by atoms with E-state index in [9.17, 15) is 14.0 Å². The highest BCUT2D eigenvalue weighted by atomic mass is 35.5. The number of hydrogen-bond acceptors (Lipinski definition) is 4. The third-order valence-corrected chi connectivity index (χ3v) is 9.16. The molecule has 6 rings (SSSR count). The Morgan fingerprint density at radius 1 is 1.02 bits per heavy atom. The number of ketones is 1. The highest BCUT2D eigenvalue weighted by molar-refractivity contribution is 6.30. The monoisotopic (exact) mass is 655 g/mol. The van der Waals surface area contributed by atoms with Gasteiger partial charge in [-0.3, -0.25) is 4.79 Å². The van der Waals surface area contributed by atoms with Gasteiger partial charge in [0.25, 0.3) is 0 Å². The van der Waals surface area contributed by atoms with Crippen molar-refractivity contribution in [2.75, 3.05) is 7.11 Å². The lowest BCUT2D eigenvalue weighted by atomic mass is 9.79. The van der Waals surface area contributed by atoms with E-state index in [0.717, 1.165) is 47.2 Å². The molecule has 1 aliphatic heterocycles. The number of aliphatic carboxylic acids is 1. The number of methoxy groups -OCH3 is 1. The molecule has 1 aromatic heterocycles. The first kappa shape index (κ1) is 37.3. The van der Waals surface area contributed by atoms with E-state index >= 15 is 0 Å². The molecule has 0 spiro atoms. The number of rotatable bonds is 5. The molecule has 2 heterocycles. The summed E-state index contributed by atoms with van der Waals surface area (Å²) in [5.41, 5.74) is 3.89. The van der Waals surface area contributed by atoms with Crippen LogP contribution >= 0.6 is 11.6 Å². The first-order valence-electron chi connectivity index (χ1n) is 16.5. The van der Waals surface area contributed by atoms with Crippen molar-refractivity contribution >= 4 is 23.4 Å². The Labute approximate surface area is 279 Å². The minimum absolute atomic E-state index is 0.167. The number of hydrogen-bond donors (Lipinski definition) is 1. The number of Topliss-reactive ketones (excluding diaryl/α,β-unsaturated/α-hetero) is 1. The number of carbonyl (C=O) groups is 2. The molecule has 3 aliphatic rings. The van der Waals surface area contributed by atoms with Gasteiger partial charge >= 0.3 is 5.97 Å². The van der Waals surface area contributed by atoms with E-state index in [1.54, 1.807) is 13.2 Å². The number of carbonyl (C=O) groups excluding carboxylic acids is 1. The minimum Gasteiger partial charge on any atom is -0.496 e.